The highest BCUT2D eigenvalue weighted by atomic mass is 32.1. The van der Waals surface area contributed by atoms with E-state index in [-0.39, 0.29) is 29.3 Å². The highest BCUT2D eigenvalue weighted by Gasteiger charge is 2.27. The maximum absolute atomic E-state index is 14.9. The van der Waals surface area contributed by atoms with Crippen molar-refractivity contribution in [1.82, 2.24) is 15.6 Å². The number of benzene rings is 2. The minimum atomic E-state index is -0.773. The number of nitrogens with zero attached hydrogens (tertiary/aromatic N) is 1. The molecule has 1 fully saturated rings. The van der Waals surface area contributed by atoms with Gasteiger partial charge in [0.15, 0.2) is 0 Å². The summed E-state index contributed by atoms with van der Waals surface area (Å²) in [5.41, 5.74) is 0.770. The number of alkyl carbamates (subject to hydrolysis) is 1. The van der Waals surface area contributed by atoms with Gasteiger partial charge in [0.2, 0.25) is 0 Å². The number of hydrogen-bond acceptors (Lipinski definition) is 5. The van der Waals surface area contributed by atoms with E-state index < -0.39 is 23.8 Å². The van der Waals surface area contributed by atoms with Gasteiger partial charge in [0.05, 0.1) is 21.6 Å². The van der Waals surface area contributed by atoms with Crippen molar-refractivity contribution in [1.29, 1.82) is 0 Å². The molecule has 1 heterocycles. The zero-order valence-corrected chi connectivity index (χ0v) is 21.5. The van der Waals surface area contributed by atoms with E-state index in [1.807, 2.05) is 30.3 Å². The lowest BCUT2D eigenvalue weighted by molar-refractivity contribution is 0.109. The van der Waals surface area contributed by atoms with Crippen molar-refractivity contribution in [3.05, 3.63) is 70.9 Å². The molecule has 1 aromatic heterocycles. The molecule has 0 atom stereocenters. The number of urea groups is 1. The van der Waals surface area contributed by atoms with Crippen LogP contribution >= 0.6 is 11.3 Å². The molecule has 1 aliphatic rings. The first-order valence-corrected chi connectivity index (χ1v) is 13.1. The quantitative estimate of drug-likeness (QED) is 0.323. The third-order valence-electron chi connectivity index (χ3n) is 6.11. The van der Waals surface area contributed by atoms with Gasteiger partial charge in [-0.2, -0.15) is 0 Å². The van der Waals surface area contributed by atoms with Crippen molar-refractivity contribution in [2.24, 2.45) is 0 Å². The average Bonchev–Trinajstić information content (AvgIpc) is 3.32. The van der Waals surface area contributed by atoms with Crippen LogP contribution in [0.4, 0.5) is 24.1 Å². The van der Waals surface area contributed by atoms with Crippen LogP contribution in [0.5, 0.6) is 0 Å². The summed E-state index contributed by atoms with van der Waals surface area (Å²) >= 11 is 1.27. The minimum absolute atomic E-state index is 0.0240. The molecule has 3 aromatic rings. The summed E-state index contributed by atoms with van der Waals surface area (Å²) < 4.78 is 35.0. The monoisotopic (exact) mass is 528 g/mol. The van der Waals surface area contributed by atoms with Crippen LogP contribution in [-0.2, 0) is 11.3 Å². The molecule has 0 bridgehead atoms. The van der Waals surface area contributed by atoms with Gasteiger partial charge in [-0.05, 0) is 57.2 Å². The molecule has 3 amide bonds. The number of anilines is 1. The average molecular weight is 529 g/mol. The molecular weight excluding hydrogens is 498 g/mol. The summed E-state index contributed by atoms with van der Waals surface area (Å²) in [6, 6.07) is 11.0. The van der Waals surface area contributed by atoms with Crippen LogP contribution in [0.2, 0.25) is 0 Å². The summed E-state index contributed by atoms with van der Waals surface area (Å²) in [6.45, 7) is 3.89. The van der Waals surface area contributed by atoms with E-state index in [0.29, 0.717) is 11.4 Å². The molecule has 0 spiro atoms. The fourth-order valence-corrected chi connectivity index (χ4v) is 5.46. The highest BCUT2D eigenvalue weighted by molar-refractivity contribution is 7.15. The van der Waals surface area contributed by atoms with Crippen molar-refractivity contribution in [2.45, 2.75) is 64.1 Å². The van der Waals surface area contributed by atoms with E-state index in [9.17, 15) is 18.4 Å². The van der Waals surface area contributed by atoms with Crippen LogP contribution in [-0.4, -0.2) is 29.3 Å². The fraction of sp³-hybridized carbons (Fsp3) is 0.370. The third-order valence-corrected chi connectivity index (χ3v) is 7.28. The minimum Gasteiger partial charge on any atom is -0.447 e. The van der Waals surface area contributed by atoms with Crippen molar-refractivity contribution in [2.75, 3.05) is 5.32 Å². The summed E-state index contributed by atoms with van der Waals surface area (Å²) in [4.78, 5) is 28.8. The first-order valence-electron chi connectivity index (χ1n) is 12.3. The van der Waals surface area contributed by atoms with Crippen LogP contribution in [0.1, 0.15) is 56.0 Å². The Balaban J connectivity index is 1.34. The van der Waals surface area contributed by atoms with Crippen LogP contribution in [0.25, 0.3) is 10.4 Å². The van der Waals surface area contributed by atoms with Gasteiger partial charge in [-0.15, -0.1) is 11.3 Å². The number of thiazole rings is 1. The first kappa shape index (κ1) is 26.5. The van der Waals surface area contributed by atoms with Gasteiger partial charge in [0.25, 0.3) is 0 Å². The van der Waals surface area contributed by atoms with E-state index in [0.717, 1.165) is 48.4 Å². The van der Waals surface area contributed by atoms with Crippen molar-refractivity contribution in [3.63, 3.8) is 0 Å². The van der Waals surface area contributed by atoms with Crippen LogP contribution in [0.15, 0.2) is 48.7 Å². The second-order valence-electron chi connectivity index (χ2n) is 9.32. The second kappa shape index (κ2) is 12.1. The maximum atomic E-state index is 14.9. The molecule has 196 valence electrons. The van der Waals surface area contributed by atoms with Crippen LogP contribution < -0.4 is 16.0 Å². The molecule has 37 heavy (non-hydrogen) atoms. The molecule has 2 aromatic carbocycles. The normalized spacial score (nSPS) is 17.3. The van der Waals surface area contributed by atoms with Crippen molar-refractivity contribution < 1.29 is 23.1 Å². The van der Waals surface area contributed by atoms with Gasteiger partial charge >= 0.3 is 12.1 Å². The molecule has 4 rings (SSSR count). The van der Waals surface area contributed by atoms with Gasteiger partial charge in [0, 0.05) is 30.4 Å². The lowest BCUT2D eigenvalue weighted by Gasteiger charge is -2.28. The predicted molar refractivity (Wildman–Crippen MR) is 140 cm³/mol. The fourth-order valence-electron chi connectivity index (χ4n) is 4.33. The van der Waals surface area contributed by atoms with Crippen LogP contribution in [0, 0.1) is 11.6 Å². The molecular formula is C27H30F2N4O3S. The Hall–Kier alpha value is -3.53. The molecule has 10 heteroatoms. The number of amides is 3. The predicted octanol–water partition coefficient (Wildman–Crippen LogP) is 6.57. The van der Waals surface area contributed by atoms with E-state index in [2.05, 4.69) is 20.9 Å². The molecule has 0 aliphatic heterocycles. The number of ether oxygens (including phenoxy) is 1. The van der Waals surface area contributed by atoms with Gasteiger partial charge in [-0.25, -0.2) is 23.4 Å². The van der Waals surface area contributed by atoms with Crippen molar-refractivity contribution >= 4 is 29.1 Å². The van der Waals surface area contributed by atoms with E-state index in [4.69, 9.17) is 4.74 Å². The lowest BCUT2D eigenvalue weighted by Crippen LogP contribution is -2.38. The second-order valence-corrected chi connectivity index (χ2v) is 10.4. The summed E-state index contributed by atoms with van der Waals surface area (Å²) in [5.74, 6) is -1.38. The van der Waals surface area contributed by atoms with E-state index >= 15 is 0 Å². The number of halogens is 2. The number of carbonyl (C=O) groups excluding carboxylic acids is 2. The SMILES string of the molecule is CC(C)OC(=O)N[C@H]1CC[C@H](c2ncc(-c3c(F)cc(NC(=O)NCc4ccccc4)cc3F)s2)CC1. The number of aromatic nitrogens is 1. The highest BCUT2D eigenvalue weighted by Crippen LogP contribution is 2.39. The molecule has 1 aliphatic carbocycles. The molecule has 7 nitrogen and oxygen atoms in total. The Morgan fingerprint density at radius 2 is 1.76 bits per heavy atom. The zero-order valence-electron chi connectivity index (χ0n) is 20.7. The Kier molecular flexibility index (Phi) is 8.70. The van der Waals surface area contributed by atoms with Crippen molar-refractivity contribution in [3.8, 4) is 10.4 Å². The summed E-state index contributed by atoms with van der Waals surface area (Å²) in [7, 11) is 0. The van der Waals surface area contributed by atoms with Crippen LogP contribution in [0.3, 0.4) is 0 Å². The Morgan fingerprint density at radius 1 is 1.08 bits per heavy atom. The Bertz CT molecular complexity index is 1200. The maximum Gasteiger partial charge on any atom is 0.407 e. The molecule has 0 unspecified atom stereocenters. The largest absolute Gasteiger partial charge is 0.447 e. The van der Waals surface area contributed by atoms with Gasteiger partial charge < -0.3 is 20.7 Å². The van der Waals surface area contributed by atoms with E-state index in [1.54, 1.807) is 13.8 Å². The summed E-state index contributed by atoms with van der Waals surface area (Å²) in [5, 5.41) is 8.85. The van der Waals surface area contributed by atoms with Gasteiger partial charge in [-0.3, -0.25) is 0 Å². The number of carbonyl (C=O) groups is 2. The zero-order chi connectivity index (χ0) is 26.4. The lowest BCUT2D eigenvalue weighted by atomic mass is 9.86. The van der Waals surface area contributed by atoms with E-state index in [1.165, 1.54) is 17.5 Å². The standard InChI is InChI=1S/C27H30F2N4O3S/c1-16(2)36-27(35)33-19-10-8-18(9-11-19)25-30-15-23(37-25)24-21(28)12-20(13-22(24)29)32-26(34)31-14-17-6-4-3-5-7-17/h3-7,12-13,15-16,18-19H,8-11,14H2,1-2H3,(H,33,35)(H2,31,32,34)/t18-,19-. The molecule has 3 N–H and O–H groups in total. The molecule has 0 radical (unpaired) electrons. The van der Waals surface area contributed by atoms with Gasteiger partial charge in [0.1, 0.15) is 11.6 Å². The Labute approximate surface area is 218 Å². The number of hydrogen-bond donors (Lipinski definition) is 3. The smallest absolute Gasteiger partial charge is 0.407 e. The molecule has 1 saturated carbocycles. The topological polar surface area (TPSA) is 92.3 Å². The Morgan fingerprint density at radius 3 is 2.41 bits per heavy atom. The first-order chi connectivity index (χ1) is 17.8. The number of nitrogens with one attached hydrogen (secondary N) is 3. The summed E-state index contributed by atoms with van der Waals surface area (Å²) in [6.07, 6.45) is 4.09. The number of rotatable bonds is 7. The van der Waals surface area contributed by atoms with Gasteiger partial charge in [-0.1, -0.05) is 30.3 Å². The third kappa shape index (κ3) is 7.25. The molecule has 0 saturated heterocycles.